The highest BCUT2D eigenvalue weighted by Gasteiger charge is 2.29. The van der Waals surface area contributed by atoms with Gasteiger partial charge in [0.25, 0.3) is 0 Å². The normalized spacial score (nSPS) is 25.0. The van der Waals surface area contributed by atoms with Crippen LogP contribution in [0.15, 0.2) is 6.07 Å². The number of anilines is 1. The Labute approximate surface area is 90.3 Å². The lowest BCUT2D eigenvalue weighted by Gasteiger charge is -2.36. The zero-order valence-electron chi connectivity index (χ0n) is 9.16. The van der Waals surface area contributed by atoms with Crippen molar-refractivity contribution < 1.29 is 0 Å². The summed E-state index contributed by atoms with van der Waals surface area (Å²) in [5.74, 6) is 1.40. The number of hydrogen-bond donors (Lipinski definition) is 1. The highest BCUT2D eigenvalue weighted by atomic mass is 15.1. The third kappa shape index (κ3) is 1.42. The first kappa shape index (κ1) is 9.16. The van der Waals surface area contributed by atoms with E-state index in [1.807, 2.05) is 0 Å². The Bertz CT molecular complexity index is 400. The van der Waals surface area contributed by atoms with Crippen LogP contribution in [0.2, 0.25) is 0 Å². The molecular formula is C12H17N3. The first-order valence-corrected chi connectivity index (χ1v) is 5.71. The number of nitrogens with two attached hydrogens (primary N) is 1. The molecule has 2 aliphatic rings. The van der Waals surface area contributed by atoms with Gasteiger partial charge in [-0.2, -0.15) is 0 Å². The summed E-state index contributed by atoms with van der Waals surface area (Å²) >= 11 is 0. The Kier molecular flexibility index (Phi) is 1.96. The van der Waals surface area contributed by atoms with Gasteiger partial charge in [0.2, 0.25) is 0 Å². The van der Waals surface area contributed by atoms with Crippen molar-refractivity contribution in [2.45, 2.75) is 31.7 Å². The van der Waals surface area contributed by atoms with E-state index in [-0.39, 0.29) is 0 Å². The van der Waals surface area contributed by atoms with Crippen molar-refractivity contribution in [1.82, 2.24) is 9.88 Å². The molecule has 1 atom stereocenters. The number of rotatable bonds is 0. The van der Waals surface area contributed by atoms with Crippen LogP contribution >= 0.6 is 0 Å². The molecule has 0 bridgehead atoms. The van der Waals surface area contributed by atoms with Gasteiger partial charge in [-0.25, -0.2) is 4.98 Å². The summed E-state index contributed by atoms with van der Waals surface area (Å²) in [7, 11) is 2.17. The fourth-order valence-corrected chi connectivity index (χ4v) is 3.08. The number of pyridine rings is 1. The summed E-state index contributed by atoms with van der Waals surface area (Å²) in [5.41, 5.74) is 10.1. The van der Waals surface area contributed by atoms with Crippen molar-refractivity contribution in [1.29, 1.82) is 0 Å². The van der Waals surface area contributed by atoms with Gasteiger partial charge in [0.05, 0.1) is 5.69 Å². The maximum Gasteiger partial charge on any atom is 0.123 e. The van der Waals surface area contributed by atoms with Gasteiger partial charge in [0.1, 0.15) is 5.82 Å². The molecule has 2 heterocycles. The second-order valence-corrected chi connectivity index (χ2v) is 4.85. The summed E-state index contributed by atoms with van der Waals surface area (Å²) in [6.45, 7) is 2.15. The monoisotopic (exact) mass is 203 g/mol. The van der Waals surface area contributed by atoms with E-state index in [0.29, 0.717) is 11.7 Å². The maximum absolute atomic E-state index is 5.84. The summed E-state index contributed by atoms with van der Waals surface area (Å²) in [4.78, 5) is 6.85. The predicted molar refractivity (Wildman–Crippen MR) is 60.7 cm³/mol. The van der Waals surface area contributed by atoms with Crippen molar-refractivity contribution in [3.63, 3.8) is 0 Å². The molecule has 80 valence electrons. The van der Waals surface area contributed by atoms with Gasteiger partial charge in [0, 0.05) is 13.1 Å². The first-order chi connectivity index (χ1) is 7.24. The number of aromatic nitrogens is 1. The standard InChI is InChI=1S/C12H17N3/c1-15-6-9-4-2-3-8-5-11(13)14-10(7-15)12(8)9/h5,9H,2-4,6-7H2,1H3,(H2,13,14). The molecule has 1 unspecified atom stereocenters. The van der Waals surface area contributed by atoms with Crippen molar-refractivity contribution in [2.75, 3.05) is 19.3 Å². The molecule has 15 heavy (non-hydrogen) atoms. The molecule has 0 saturated heterocycles. The smallest absolute Gasteiger partial charge is 0.123 e. The Morgan fingerprint density at radius 3 is 3.27 bits per heavy atom. The van der Waals surface area contributed by atoms with E-state index < -0.39 is 0 Å². The lowest BCUT2D eigenvalue weighted by molar-refractivity contribution is 0.262. The molecule has 1 aromatic heterocycles. The second kappa shape index (κ2) is 3.20. The molecule has 0 fully saturated rings. The molecule has 1 aliphatic heterocycles. The zero-order valence-corrected chi connectivity index (χ0v) is 9.16. The summed E-state index contributed by atoms with van der Waals surface area (Å²) in [6, 6.07) is 2.08. The van der Waals surface area contributed by atoms with E-state index in [2.05, 4.69) is 23.0 Å². The van der Waals surface area contributed by atoms with E-state index in [0.717, 1.165) is 6.54 Å². The van der Waals surface area contributed by atoms with E-state index in [9.17, 15) is 0 Å². The topological polar surface area (TPSA) is 42.2 Å². The minimum atomic E-state index is 0.694. The van der Waals surface area contributed by atoms with Gasteiger partial charge < -0.3 is 5.73 Å². The van der Waals surface area contributed by atoms with Gasteiger partial charge in [-0.1, -0.05) is 0 Å². The molecule has 3 nitrogen and oxygen atoms in total. The molecular weight excluding hydrogens is 186 g/mol. The van der Waals surface area contributed by atoms with Gasteiger partial charge in [0.15, 0.2) is 0 Å². The summed E-state index contributed by atoms with van der Waals surface area (Å²) < 4.78 is 0. The van der Waals surface area contributed by atoms with Crippen LogP contribution in [-0.4, -0.2) is 23.5 Å². The van der Waals surface area contributed by atoms with Crippen molar-refractivity contribution in [3.8, 4) is 0 Å². The number of nitrogen functional groups attached to an aromatic ring is 1. The predicted octanol–water partition coefficient (Wildman–Crippen LogP) is 1.53. The minimum absolute atomic E-state index is 0.694. The lowest BCUT2D eigenvalue weighted by Crippen LogP contribution is -2.33. The molecule has 1 aromatic rings. The Morgan fingerprint density at radius 1 is 1.53 bits per heavy atom. The summed E-state index contributed by atoms with van der Waals surface area (Å²) in [6.07, 6.45) is 3.81. The Balaban J connectivity index is 2.16. The molecule has 0 amide bonds. The van der Waals surface area contributed by atoms with E-state index >= 15 is 0 Å². The average molecular weight is 203 g/mol. The number of nitrogens with zero attached hydrogens (tertiary/aromatic N) is 2. The van der Waals surface area contributed by atoms with Crippen LogP contribution in [0.1, 0.15) is 35.6 Å². The Hall–Kier alpha value is -1.09. The fraction of sp³-hybridized carbons (Fsp3) is 0.583. The molecule has 2 N–H and O–H groups in total. The number of hydrogen-bond acceptors (Lipinski definition) is 3. The summed E-state index contributed by atoms with van der Waals surface area (Å²) in [5, 5.41) is 0. The molecule has 0 spiro atoms. The maximum atomic E-state index is 5.84. The molecule has 3 rings (SSSR count). The van der Waals surface area contributed by atoms with Crippen LogP contribution < -0.4 is 5.73 Å². The largest absolute Gasteiger partial charge is 0.384 e. The molecule has 1 aliphatic carbocycles. The molecule has 0 radical (unpaired) electrons. The average Bonchev–Trinajstić information content (AvgIpc) is 2.16. The van der Waals surface area contributed by atoms with Crippen LogP contribution in [-0.2, 0) is 13.0 Å². The van der Waals surface area contributed by atoms with E-state index in [1.54, 1.807) is 0 Å². The number of aryl methyl sites for hydroxylation is 1. The first-order valence-electron chi connectivity index (χ1n) is 5.71. The highest BCUT2D eigenvalue weighted by Crippen LogP contribution is 2.37. The molecule has 0 aromatic carbocycles. The van der Waals surface area contributed by atoms with Crippen LogP contribution in [0.4, 0.5) is 5.82 Å². The lowest BCUT2D eigenvalue weighted by atomic mass is 9.80. The van der Waals surface area contributed by atoms with Gasteiger partial charge in [-0.3, -0.25) is 4.90 Å². The van der Waals surface area contributed by atoms with E-state index in [4.69, 9.17) is 5.73 Å². The molecule has 0 saturated carbocycles. The van der Waals surface area contributed by atoms with Crippen LogP contribution in [0.3, 0.4) is 0 Å². The zero-order chi connectivity index (χ0) is 10.4. The van der Waals surface area contributed by atoms with Gasteiger partial charge in [-0.15, -0.1) is 0 Å². The third-order valence-electron chi connectivity index (χ3n) is 3.60. The van der Waals surface area contributed by atoms with Crippen LogP contribution in [0.25, 0.3) is 0 Å². The van der Waals surface area contributed by atoms with Crippen molar-refractivity contribution in [2.24, 2.45) is 0 Å². The van der Waals surface area contributed by atoms with Crippen LogP contribution in [0, 0.1) is 0 Å². The highest BCUT2D eigenvalue weighted by molar-refractivity contribution is 5.45. The number of likely N-dealkylation sites (N-methyl/N-ethyl adjacent to an activating group) is 1. The minimum Gasteiger partial charge on any atom is -0.384 e. The molecule has 3 heteroatoms. The Morgan fingerprint density at radius 2 is 2.40 bits per heavy atom. The van der Waals surface area contributed by atoms with Crippen molar-refractivity contribution >= 4 is 5.82 Å². The fourth-order valence-electron chi connectivity index (χ4n) is 3.08. The van der Waals surface area contributed by atoms with Crippen molar-refractivity contribution in [3.05, 3.63) is 22.9 Å². The second-order valence-electron chi connectivity index (χ2n) is 4.85. The van der Waals surface area contributed by atoms with Gasteiger partial charge >= 0.3 is 0 Å². The quantitative estimate of drug-likeness (QED) is 0.695. The van der Waals surface area contributed by atoms with E-state index in [1.165, 1.54) is 42.6 Å². The van der Waals surface area contributed by atoms with Gasteiger partial charge in [-0.05, 0) is 49.4 Å². The van der Waals surface area contributed by atoms with Crippen LogP contribution in [0.5, 0.6) is 0 Å². The third-order valence-corrected chi connectivity index (χ3v) is 3.60. The SMILES string of the molecule is CN1Cc2nc(N)cc3c2C(CCC3)C1.